The lowest BCUT2D eigenvalue weighted by molar-refractivity contribution is 0.0992. The number of pyridine rings is 1. The third kappa shape index (κ3) is 2.57. The maximum Gasteiger partial charge on any atom is 0.259 e. The van der Waals surface area contributed by atoms with Crippen LogP contribution < -0.4 is 10.6 Å². The maximum absolute atomic E-state index is 12.5. The number of aryl methyl sites for hydroxylation is 2. The van der Waals surface area contributed by atoms with E-state index in [0.717, 1.165) is 11.3 Å². The second-order valence-electron chi connectivity index (χ2n) is 4.55. The van der Waals surface area contributed by atoms with Crippen molar-refractivity contribution in [1.29, 1.82) is 0 Å². The number of amides is 1. The third-order valence-corrected chi connectivity index (χ3v) is 3.12. The molecule has 0 fully saturated rings. The Morgan fingerprint density at radius 1 is 1.26 bits per heavy atom. The first-order valence-electron chi connectivity index (χ1n) is 6.06. The van der Waals surface area contributed by atoms with Gasteiger partial charge in [-0.15, -0.1) is 0 Å². The van der Waals surface area contributed by atoms with Gasteiger partial charge >= 0.3 is 0 Å². The minimum Gasteiger partial charge on any atom is -0.397 e. The van der Waals surface area contributed by atoms with Crippen molar-refractivity contribution in [3.8, 4) is 0 Å². The Hall–Kier alpha value is -2.36. The second-order valence-corrected chi connectivity index (χ2v) is 4.55. The van der Waals surface area contributed by atoms with Crippen LogP contribution in [0.5, 0.6) is 0 Å². The fourth-order valence-electron chi connectivity index (χ4n) is 2.00. The van der Waals surface area contributed by atoms with E-state index in [1.54, 1.807) is 31.1 Å². The van der Waals surface area contributed by atoms with E-state index in [1.807, 2.05) is 31.2 Å². The zero-order valence-corrected chi connectivity index (χ0v) is 11.3. The van der Waals surface area contributed by atoms with Crippen LogP contribution in [0.15, 0.2) is 36.5 Å². The molecule has 2 aromatic rings. The number of hydrogen-bond donors (Lipinski definition) is 1. The van der Waals surface area contributed by atoms with Crippen molar-refractivity contribution in [2.45, 2.75) is 13.8 Å². The molecular weight excluding hydrogens is 238 g/mol. The number of anilines is 2. The summed E-state index contributed by atoms with van der Waals surface area (Å²) < 4.78 is 0. The summed E-state index contributed by atoms with van der Waals surface area (Å²) in [5.41, 5.74) is 9.34. The van der Waals surface area contributed by atoms with E-state index in [9.17, 15) is 4.79 Å². The minimum absolute atomic E-state index is 0.105. The summed E-state index contributed by atoms with van der Waals surface area (Å²) in [5.74, 6) is -0.105. The Balaban J connectivity index is 2.39. The average molecular weight is 255 g/mol. The molecule has 2 N–H and O–H groups in total. The summed E-state index contributed by atoms with van der Waals surface area (Å²) in [6, 6.07) is 9.42. The molecule has 0 unspecified atom stereocenters. The van der Waals surface area contributed by atoms with Gasteiger partial charge in [-0.2, -0.15) is 0 Å². The van der Waals surface area contributed by atoms with Crippen LogP contribution >= 0.6 is 0 Å². The zero-order valence-electron chi connectivity index (χ0n) is 11.3. The van der Waals surface area contributed by atoms with Crippen molar-refractivity contribution in [3.05, 3.63) is 53.3 Å². The minimum atomic E-state index is -0.105. The highest BCUT2D eigenvalue weighted by molar-refractivity contribution is 6.07. The maximum atomic E-state index is 12.5. The molecule has 4 heteroatoms. The summed E-state index contributed by atoms with van der Waals surface area (Å²) in [5, 5.41) is 0. The van der Waals surface area contributed by atoms with Crippen molar-refractivity contribution >= 4 is 17.3 Å². The summed E-state index contributed by atoms with van der Waals surface area (Å²) in [7, 11) is 1.76. The van der Waals surface area contributed by atoms with Crippen molar-refractivity contribution < 1.29 is 4.79 Å². The van der Waals surface area contributed by atoms with Crippen LogP contribution in [0.4, 0.5) is 11.4 Å². The number of carbonyl (C=O) groups excluding carboxylic acids is 1. The predicted octanol–water partition coefficient (Wildman–Crippen LogP) is 2.56. The van der Waals surface area contributed by atoms with Gasteiger partial charge in [0.2, 0.25) is 0 Å². The summed E-state index contributed by atoms with van der Waals surface area (Å²) in [4.78, 5) is 18.3. The van der Waals surface area contributed by atoms with Crippen LogP contribution in [0, 0.1) is 13.8 Å². The highest BCUT2D eigenvalue weighted by Crippen LogP contribution is 2.21. The number of nitrogens with two attached hydrogens (primary N) is 1. The Morgan fingerprint density at radius 3 is 2.63 bits per heavy atom. The van der Waals surface area contributed by atoms with Gasteiger partial charge < -0.3 is 10.6 Å². The first-order chi connectivity index (χ1) is 9.00. The van der Waals surface area contributed by atoms with Crippen molar-refractivity contribution in [2.75, 3.05) is 17.7 Å². The van der Waals surface area contributed by atoms with Crippen molar-refractivity contribution in [3.63, 3.8) is 0 Å². The predicted molar refractivity (Wildman–Crippen MR) is 77.3 cm³/mol. The van der Waals surface area contributed by atoms with Gasteiger partial charge in [0.05, 0.1) is 23.1 Å². The van der Waals surface area contributed by atoms with Crippen molar-refractivity contribution in [2.24, 2.45) is 0 Å². The lowest BCUT2D eigenvalue weighted by atomic mass is 10.1. The molecule has 0 atom stereocenters. The summed E-state index contributed by atoms with van der Waals surface area (Å²) >= 11 is 0. The van der Waals surface area contributed by atoms with E-state index in [1.165, 1.54) is 0 Å². The molecule has 98 valence electrons. The standard InChI is InChI=1S/C15H17N3O/c1-10-6-4-5-7-14(10)18(3)15(19)13-8-12(16)9-17-11(13)2/h4-9H,16H2,1-3H3. The molecule has 0 saturated carbocycles. The lowest BCUT2D eigenvalue weighted by Gasteiger charge is -2.20. The van der Waals surface area contributed by atoms with Gasteiger partial charge in [0.1, 0.15) is 0 Å². The van der Waals surface area contributed by atoms with Gasteiger partial charge in [0.25, 0.3) is 5.91 Å². The lowest BCUT2D eigenvalue weighted by Crippen LogP contribution is -2.27. The van der Waals surface area contributed by atoms with Crippen LogP contribution in [-0.4, -0.2) is 17.9 Å². The fraction of sp³-hybridized carbons (Fsp3) is 0.200. The van der Waals surface area contributed by atoms with E-state index in [0.29, 0.717) is 16.9 Å². The van der Waals surface area contributed by atoms with E-state index >= 15 is 0 Å². The largest absolute Gasteiger partial charge is 0.397 e. The van der Waals surface area contributed by atoms with E-state index in [-0.39, 0.29) is 5.91 Å². The van der Waals surface area contributed by atoms with Crippen LogP contribution in [0.3, 0.4) is 0 Å². The molecule has 1 heterocycles. The smallest absolute Gasteiger partial charge is 0.259 e. The molecule has 1 aromatic carbocycles. The van der Waals surface area contributed by atoms with E-state index in [2.05, 4.69) is 4.98 Å². The summed E-state index contributed by atoms with van der Waals surface area (Å²) in [6.07, 6.45) is 1.56. The van der Waals surface area contributed by atoms with Crippen LogP contribution in [0.25, 0.3) is 0 Å². The average Bonchev–Trinajstić information content (AvgIpc) is 2.40. The van der Waals surface area contributed by atoms with Gasteiger partial charge in [-0.3, -0.25) is 9.78 Å². The summed E-state index contributed by atoms with van der Waals surface area (Å²) in [6.45, 7) is 3.78. The Morgan fingerprint density at radius 2 is 1.95 bits per heavy atom. The van der Waals surface area contributed by atoms with E-state index < -0.39 is 0 Å². The SMILES string of the molecule is Cc1ccccc1N(C)C(=O)c1cc(N)cnc1C. The van der Waals surface area contributed by atoms with Crippen LogP contribution in [0.1, 0.15) is 21.6 Å². The van der Waals surface area contributed by atoms with Gasteiger partial charge in [-0.1, -0.05) is 18.2 Å². The molecule has 2 rings (SSSR count). The number of nitrogens with zero attached hydrogens (tertiary/aromatic N) is 2. The zero-order chi connectivity index (χ0) is 14.0. The number of carbonyl (C=O) groups is 1. The first-order valence-corrected chi connectivity index (χ1v) is 6.06. The Labute approximate surface area is 112 Å². The van der Waals surface area contributed by atoms with Gasteiger partial charge in [-0.05, 0) is 31.5 Å². The number of benzene rings is 1. The topological polar surface area (TPSA) is 59.2 Å². The molecular formula is C15H17N3O. The molecule has 4 nitrogen and oxygen atoms in total. The highest BCUT2D eigenvalue weighted by Gasteiger charge is 2.17. The van der Waals surface area contributed by atoms with Crippen molar-refractivity contribution in [1.82, 2.24) is 4.98 Å². The first kappa shape index (κ1) is 13.1. The normalized spacial score (nSPS) is 10.3. The molecule has 19 heavy (non-hydrogen) atoms. The Bertz CT molecular complexity index is 623. The number of hydrogen-bond acceptors (Lipinski definition) is 3. The quantitative estimate of drug-likeness (QED) is 0.897. The molecule has 0 aliphatic rings. The highest BCUT2D eigenvalue weighted by atomic mass is 16.2. The third-order valence-electron chi connectivity index (χ3n) is 3.12. The second kappa shape index (κ2) is 5.10. The molecule has 0 radical (unpaired) electrons. The van der Waals surface area contributed by atoms with Crippen LogP contribution in [-0.2, 0) is 0 Å². The van der Waals surface area contributed by atoms with E-state index in [4.69, 9.17) is 5.73 Å². The number of para-hydroxylation sites is 1. The monoisotopic (exact) mass is 255 g/mol. The molecule has 0 spiro atoms. The molecule has 0 aliphatic heterocycles. The van der Waals surface area contributed by atoms with Gasteiger partial charge in [0.15, 0.2) is 0 Å². The van der Waals surface area contributed by atoms with Crippen LogP contribution in [0.2, 0.25) is 0 Å². The molecule has 0 saturated heterocycles. The Kier molecular flexibility index (Phi) is 3.51. The van der Waals surface area contributed by atoms with Gasteiger partial charge in [-0.25, -0.2) is 0 Å². The fourth-order valence-corrected chi connectivity index (χ4v) is 2.00. The number of nitrogen functional groups attached to an aromatic ring is 1. The molecule has 0 aliphatic carbocycles. The number of aromatic nitrogens is 1. The number of rotatable bonds is 2. The molecule has 0 bridgehead atoms. The van der Waals surface area contributed by atoms with Gasteiger partial charge in [0, 0.05) is 12.7 Å². The molecule has 1 aromatic heterocycles. The molecule has 1 amide bonds.